The minimum atomic E-state index is -0.459. The normalized spacial score (nSPS) is 13.9. The first-order valence-electron chi connectivity index (χ1n) is 7.01. The Labute approximate surface area is 123 Å². The van der Waals surface area contributed by atoms with Crippen LogP contribution in [0.4, 0.5) is 11.5 Å². The van der Waals surface area contributed by atoms with Gasteiger partial charge in [-0.1, -0.05) is 18.2 Å². The summed E-state index contributed by atoms with van der Waals surface area (Å²) in [5.41, 5.74) is 13.6. The van der Waals surface area contributed by atoms with E-state index in [1.807, 2.05) is 30.3 Å². The number of rotatable bonds is 5. The molecule has 5 heteroatoms. The summed E-state index contributed by atoms with van der Waals surface area (Å²) < 4.78 is 0. The third-order valence-electron chi connectivity index (χ3n) is 3.71. The van der Waals surface area contributed by atoms with Gasteiger partial charge in [0.2, 0.25) is 5.91 Å². The highest BCUT2D eigenvalue weighted by Crippen LogP contribution is 2.32. The number of carbonyl (C=O) groups is 1. The minimum absolute atomic E-state index is 0.425. The van der Waals surface area contributed by atoms with Crippen molar-refractivity contribution in [3.8, 4) is 0 Å². The molecular formula is C16H18N4O. The van der Waals surface area contributed by atoms with Crippen LogP contribution in [0.2, 0.25) is 0 Å². The summed E-state index contributed by atoms with van der Waals surface area (Å²) in [5, 5.41) is 0. The average molecular weight is 282 g/mol. The molecule has 108 valence electrons. The summed E-state index contributed by atoms with van der Waals surface area (Å²) in [6.07, 6.45) is 3.85. The molecule has 2 aromatic rings. The van der Waals surface area contributed by atoms with Crippen molar-refractivity contribution in [2.45, 2.75) is 25.4 Å². The van der Waals surface area contributed by atoms with E-state index in [4.69, 9.17) is 11.5 Å². The van der Waals surface area contributed by atoms with Crippen molar-refractivity contribution in [1.29, 1.82) is 0 Å². The molecule has 0 bridgehead atoms. The van der Waals surface area contributed by atoms with E-state index in [9.17, 15) is 4.79 Å². The van der Waals surface area contributed by atoms with E-state index in [2.05, 4.69) is 9.88 Å². The molecule has 0 aliphatic heterocycles. The highest BCUT2D eigenvalue weighted by molar-refractivity contribution is 5.92. The molecule has 1 amide bonds. The van der Waals surface area contributed by atoms with Crippen LogP contribution < -0.4 is 16.4 Å². The smallest absolute Gasteiger partial charge is 0.250 e. The van der Waals surface area contributed by atoms with Crippen molar-refractivity contribution in [1.82, 2.24) is 4.98 Å². The van der Waals surface area contributed by atoms with Crippen LogP contribution in [-0.4, -0.2) is 16.9 Å². The van der Waals surface area contributed by atoms with Crippen molar-refractivity contribution < 1.29 is 4.79 Å². The van der Waals surface area contributed by atoms with Crippen LogP contribution in [0, 0.1) is 0 Å². The van der Waals surface area contributed by atoms with Crippen molar-refractivity contribution in [3.63, 3.8) is 0 Å². The molecule has 0 saturated heterocycles. The maximum absolute atomic E-state index is 11.1. The topological polar surface area (TPSA) is 85.2 Å². The number of aromatic nitrogens is 1. The van der Waals surface area contributed by atoms with E-state index >= 15 is 0 Å². The van der Waals surface area contributed by atoms with Crippen molar-refractivity contribution in [2.24, 2.45) is 5.73 Å². The van der Waals surface area contributed by atoms with Crippen LogP contribution in [0.5, 0.6) is 0 Å². The first-order valence-corrected chi connectivity index (χ1v) is 7.01. The van der Waals surface area contributed by atoms with Gasteiger partial charge in [0.15, 0.2) is 0 Å². The Morgan fingerprint density at radius 1 is 1.24 bits per heavy atom. The molecule has 0 atom stereocenters. The molecule has 5 nitrogen and oxygen atoms in total. The third kappa shape index (κ3) is 2.97. The molecule has 1 fully saturated rings. The molecule has 0 unspecified atom stereocenters. The number of amides is 1. The minimum Gasteiger partial charge on any atom is -0.398 e. The Hall–Kier alpha value is -2.56. The van der Waals surface area contributed by atoms with Gasteiger partial charge in [-0.05, 0) is 36.6 Å². The maximum atomic E-state index is 11.1. The van der Waals surface area contributed by atoms with Crippen molar-refractivity contribution in [2.75, 3.05) is 10.6 Å². The molecular weight excluding hydrogens is 264 g/mol. The number of carbonyl (C=O) groups excluding carboxylic acids is 1. The van der Waals surface area contributed by atoms with Crippen LogP contribution in [0.25, 0.3) is 0 Å². The average Bonchev–Trinajstić information content (AvgIpc) is 3.31. The van der Waals surface area contributed by atoms with E-state index in [0.717, 1.165) is 36.5 Å². The summed E-state index contributed by atoms with van der Waals surface area (Å²) in [7, 11) is 0. The van der Waals surface area contributed by atoms with Gasteiger partial charge in [0.1, 0.15) is 5.82 Å². The second-order valence-electron chi connectivity index (χ2n) is 5.33. The third-order valence-corrected chi connectivity index (χ3v) is 3.71. The molecule has 1 aliphatic carbocycles. The zero-order valence-corrected chi connectivity index (χ0v) is 11.7. The Kier molecular flexibility index (Phi) is 3.48. The molecule has 21 heavy (non-hydrogen) atoms. The van der Waals surface area contributed by atoms with Crippen LogP contribution in [-0.2, 0) is 6.54 Å². The van der Waals surface area contributed by atoms with Crippen LogP contribution in [0.3, 0.4) is 0 Å². The molecule has 0 spiro atoms. The van der Waals surface area contributed by atoms with E-state index in [1.165, 1.54) is 6.20 Å². The highest BCUT2D eigenvalue weighted by Gasteiger charge is 2.30. The number of nitrogens with zero attached hydrogens (tertiary/aromatic N) is 2. The van der Waals surface area contributed by atoms with Gasteiger partial charge in [-0.15, -0.1) is 0 Å². The maximum Gasteiger partial charge on any atom is 0.250 e. The SMILES string of the molecule is NC(=O)c1ccc(N(Cc2ccccc2N)C2CC2)nc1. The second kappa shape index (κ2) is 5.44. The number of nitrogen functional groups attached to an aromatic ring is 1. The summed E-state index contributed by atoms with van der Waals surface area (Å²) in [6.45, 7) is 0.722. The van der Waals surface area contributed by atoms with Gasteiger partial charge in [-0.2, -0.15) is 0 Å². The fraction of sp³-hybridized carbons (Fsp3) is 0.250. The fourth-order valence-electron chi connectivity index (χ4n) is 2.35. The number of anilines is 2. The lowest BCUT2D eigenvalue weighted by molar-refractivity contribution is 0.1000. The molecule has 0 radical (unpaired) electrons. The van der Waals surface area contributed by atoms with Crippen LogP contribution in [0.15, 0.2) is 42.6 Å². The number of para-hydroxylation sites is 1. The quantitative estimate of drug-likeness (QED) is 0.821. The van der Waals surface area contributed by atoms with E-state index in [0.29, 0.717) is 11.6 Å². The Balaban J connectivity index is 1.85. The van der Waals surface area contributed by atoms with Gasteiger partial charge >= 0.3 is 0 Å². The first kappa shape index (κ1) is 13.4. The Bertz CT molecular complexity index is 650. The lowest BCUT2D eigenvalue weighted by Gasteiger charge is -2.24. The lowest BCUT2D eigenvalue weighted by atomic mass is 10.1. The summed E-state index contributed by atoms with van der Waals surface area (Å²) in [5.74, 6) is 0.394. The van der Waals surface area contributed by atoms with Gasteiger partial charge in [0.25, 0.3) is 0 Å². The number of hydrogen-bond acceptors (Lipinski definition) is 4. The number of primary amides is 1. The predicted octanol–water partition coefficient (Wildman–Crippen LogP) is 1.93. The molecule has 1 aromatic heterocycles. The van der Waals surface area contributed by atoms with Crippen molar-refractivity contribution >= 4 is 17.4 Å². The number of pyridine rings is 1. The monoisotopic (exact) mass is 282 g/mol. The van der Waals surface area contributed by atoms with Gasteiger partial charge in [0.05, 0.1) is 5.56 Å². The van der Waals surface area contributed by atoms with E-state index < -0.39 is 5.91 Å². The van der Waals surface area contributed by atoms with Gasteiger partial charge < -0.3 is 16.4 Å². The van der Waals surface area contributed by atoms with E-state index in [-0.39, 0.29) is 0 Å². The lowest BCUT2D eigenvalue weighted by Crippen LogP contribution is -2.26. The summed E-state index contributed by atoms with van der Waals surface area (Å²) in [4.78, 5) is 17.7. The Morgan fingerprint density at radius 2 is 2.00 bits per heavy atom. The number of nitrogens with two attached hydrogens (primary N) is 2. The molecule has 3 rings (SSSR count). The molecule has 1 heterocycles. The van der Waals surface area contributed by atoms with Gasteiger partial charge in [-0.25, -0.2) is 4.98 Å². The number of benzene rings is 1. The number of hydrogen-bond donors (Lipinski definition) is 2. The zero-order valence-electron chi connectivity index (χ0n) is 11.7. The standard InChI is InChI=1S/C16H18N4O/c17-14-4-2-1-3-12(14)10-20(13-6-7-13)15-8-5-11(9-19-15)16(18)21/h1-5,8-9,13H,6-7,10,17H2,(H2,18,21). The van der Waals surface area contributed by atoms with Gasteiger partial charge in [-0.3, -0.25) is 4.79 Å². The molecule has 1 aliphatic rings. The van der Waals surface area contributed by atoms with Crippen LogP contribution in [0.1, 0.15) is 28.8 Å². The van der Waals surface area contributed by atoms with Crippen molar-refractivity contribution in [3.05, 3.63) is 53.7 Å². The first-order chi connectivity index (χ1) is 10.1. The molecule has 1 saturated carbocycles. The zero-order chi connectivity index (χ0) is 14.8. The second-order valence-corrected chi connectivity index (χ2v) is 5.33. The van der Waals surface area contributed by atoms with Gasteiger partial charge in [0, 0.05) is 24.5 Å². The van der Waals surface area contributed by atoms with Crippen LogP contribution >= 0.6 is 0 Å². The summed E-state index contributed by atoms with van der Waals surface area (Å²) >= 11 is 0. The largest absolute Gasteiger partial charge is 0.398 e. The predicted molar refractivity (Wildman–Crippen MR) is 82.8 cm³/mol. The molecule has 4 N–H and O–H groups in total. The summed E-state index contributed by atoms with van der Waals surface area (Å²) in [6, 6.07) is 11.9. The van der Waals surface area contributed by atoms with E-state index in [1.54, 1.807) is 6.07 Å². The fourth-order valence-corrected chi connectivity index (χ4v) is 2.35. The highest BCUT2D eigenvalue weighted by atomic mass is 16.1. The Morgan fingerprint density at radius 3 is 2.57 bits per heavy atom. The molecule has 1 aromatic carbocycles.